The van der Waals surface area contributed by atoms with Crippen LogP contribution in [0.25, 0.3) is 6.08 Å². The first-order valence-electron chi connectivity index (χ1n) is 6.58. The molecule has 1 amide bonds. The highest BCUT2D eigenvalue weighted by Crippen LogP contribution is 2.10. The molecule has 0 bridgehead atoms. The molecule has 1 aliphatic heterocycles. The first-order chi connectivity index (χ1) is 9.60. The van der Waals surface area contributed by atoms with Crippen molar-refractivity contribution in [2.24, 2.45) is 0 Å². The normalized spacial score (nSPS) is 16.9. The highest BCUT2D eigenvalue weighted by Gasteiger charge is 2.23. The van der Waals surface area contributed by atoms with Crippen LogP contribution in [0.5, 0.6) is 0 Å². The third-order valence-corrected chi connectivity index (χ3v) is 3.44. The van der Waals surface area contributed by atoms with Crippen molar-refractivity contribution in [2.45, 2.75) is 0 Å². The lowest BCUT2D eigenvalue weighted by Crippen LogP contribution is -3.12. The Morgan fingerprint density at radius 3 is 2.50 bits per heavy atom. The van der Waals surface area contributed by atoms with Crippen LogP contribution >= 0.6 is 0 Å². The van der Waals surface area contributed by atoms with Crippen LogP contribution in [-0.4, -0.2) is 44.0 Å². The summed E-state index contributed by atoms with van der Waals surface area (Å²) < 4.78 is 12.8. The van der Waals surface area contributed by atoms with Crippen LogP contribution in [0.15, 0.2) is 29.8 Å². The van der Waals surface area contributed by atoms with Gasteiger partial charge in [-0.1, -0.05) is 12.1 Å². The number of amides is 1. The van der Waals surface area contributed by atoms with E-state index in [9.17, 15) is 9.18 Å². The molecule has 2 rings (SSSR count). The maximum atomic E-state index is 12.8. The van der Waals surface area contributed by atoms with E-state index in [1.165, 1.54) is 23.1 Å². The van der Waals surface area contributed by atoms with Crippen molar-refractivity contribution in [3.8, 4) is 6.07 Å². The van der Waals surface area contributed by atoms with Crippen LogP contribution in [0.2, 0.25) is 0 Å². The van der Waals surface area contributed by atoms with Gasteiger partial charge in [0.05, 0.1) is 33.2 Å². The van der Waals surface area contributed by atoms with Crippen LogP contribution in [0.4, 0.5) is 4.39 Å². The quantitative estimate of drug-likeness (QED) is 0.614. The number of piperazine rings is 1. The molecule has 1 fully saturated rings. The lowest BCUT2D eigenvalue weighted by atomic mass is 10.1. The number of quaternary nitrogens is 1. The zero-order valence-electron chi connectivity index (χ0n) is 11.4. The Morgan fingerprint density at radius 2 is 1.95 bits per heavy atom. The van der Waals surface area contributed by atoms with E-state index in [0.29, 0.717) is 18.7 Å². The van der Waals surface area contributed by atoms with Crippen molar-refractivity contribution in [1.82, 2.24) is 4.90 Å². The van der Waals surface area contributed by atoms with Crippen molar-refractivity contribution < 1.29 is 14.1 Å². The first-order valence-corrected chi connectivity index (χ1v) is 6.58. The van der Waals surface area contributed by atoms with E-state index in [0.717, 1.165) is 13.1 Å². The number of benzene rings is 1. The second kappa shape index (κ2) is 6.31. The van der Waals surface area contributed by atoms with Gasteiger partial charge >= 0.3 is 0 Å². The molecule has 20 heavy (non-hydrogen) atoms. The fraction of sp³-hybridized carbons (Fsp3) is 0.333. The monoisotopic (exact) mass is 274 g/mol. The number of nitrogens with zero attached hydrogens (tertiary/aromatic N) is 2. The number of nitriles is 1. The predicted molar refractivity (Wildman–Crippen MR) is 73.2 cm³/mol. The molecule has 0 aromatic heterocycles. The summed E-state index contributed by atoms with van der Waals surface area (Å²) in [5.41, 5.74) is 0.743. The maximum Gasteiger partial charge on any atom is 0.264 e. The minimum absolute atomic E-state index is 0.0937. The van der Waals surface area contributed by atoms with Crippen molar-refractivity contribution >= 4 is 12.0 Å². The van der Waals surface area contributed by atoms with Crippen LogP contribution in [-0.2, 0) is 4.79 Å². The van der Waals surface area contributed by atoms with E-state index in [1.54, 1.807) is 17.0 Å². The van der Waals surface area contributed by atoms with E-state index in [1.807, 2.05) is 6.07 Å². The molecular formula is C15H17FN3O+. The smallest absolute Gasteiger partial charge is 0.264 e. The van der Waals surface area contributed by atoms with Crippen LogP contribution in [0, 0.1) is 17.1 Å². The summed E-state index contributed by atoms with van der Waals surface area (Å²) in [6.07, 6.45) is 1.51. The third-order valence-electron chi connectivity index (χ3n) is 3.44. The van der Waals surface area contributed by atoms with Gasteiger partial charge in [-0.15, -0.1) is 0 Å². The Morgan fingerprint density at radius 1 is 1.35 bits per heavy atom. The molecule has 4 nitrogen and oxygen atoms in total. The van der Waals surface area contributed by atoms with E-state index < -0.39 is 0 Å². The average molecular weight is 274 g/mol. The number of carbonyl (C=O) groups excluding carboxylic acids is 1. The fourth-order valence-corrected chi connectivity index (χ4v) is 2.13. The zero-order valence-corrected chi connectivity index (χ0v) is 11.4. The number of hydrogen-bond acceptors (Lipinski definition) is 2. The molecule has 1 aliphatic rings. The molecule has 104 valence electrons. The molecule has 1 heterocycles. The summed E-state index contributed by atoms with van der Waals surface area (Å²) in [6.45, 7) is 3.10. The maximum absolute atomic E-state index is 12.8. The molecule has 5 heteroatoms. The minimum atomic E-state index is -0.339. The summed E-state index contributed by atoms with van der Waals surface area (Å²) in [4.78, 5) is 15.3. The summed E-state index contributed by atoms with van der Waals surface area (Å²) in [5, 5.41) is 9.15. The van der Waals surface area contributed by atoms with Gasteiger partial charge in [0.2, 0.25) is 0 Å². The Bertz CT molecular complexity index is 551. The highest BCUT2D eigenvalue weighted by molar-refractivity contribution is 6.01. The molecule has 0 saturated carbocycles. The molecular weight excluding hydrogens is 257 g/mol. The lowest BCUT2D eigenvalue weighted by Gasteiger charge is -2.29. The largest absolute Gasteiger partial charge is 0.334 e. The molecule has 1 N–H and O–H groups in total. The highest BCUT2D eigenvalue weighted by atomic mass is 19.1. The minimum Gasteiger partial charge on any atom is -0.334 e. The van der Waals surface area contributed by atoms with Gasteiger partial charge in [0.1, 0.15) is 17.5 Å². The van der Waals surface area contributed by atoms with Crippen molar-refractivity contribution in [1.29, 1.82) is 5.26 Å². The number of rotatable bonds is 2. The second-order valence-corrected chi connectivity index (χ2v) is 4.97. The Hall–Kier alpha value is -2.19. The van der Waals surface area contributed by atoms with Crippen LogP contribution in [0.3, 0.4) is 0 Å². The number of nitrogens with one attached hydrogen (secondary N) is 1. The van der Waals surface area contributed by atoms with Gasteiger partial charge in [-0.25, -0.2) is 4.39 Å². The first kappa shape index (κ1) is 14.2. The Labute approximate surface area is 117 Å². The Kier molecular flexibility index (Phi) is 4.49. The van der Waals surface area contributed by atoms with Gasteiger partial charge in [0.25, 0.3) is 5.91 Å². The topological polar surface area (TPSA) is 48.5 Å². The molecule has 1 saturated heterocycles. The van der Waals surface area contributed by atoms with Crippen molar-refractivity contribution in [3.63, 3.8) is 0 Å². The van der Waals surface area contributed by atoms with E-state index in [4.69, 9.17) is 5.26 Å². The second-order valence-electron chi connectivity index (χ2n) is 4.97. The van der Waals surface area contributed by atoms with Gasteiger partial charge in [0.15, 0.2) is 0 Å². The SMILES string of the molecule is C[NH+]1CCN(C(=O)/C(C#N)=C/c2ccc(F)cc2)CC1. The predicted octanol–water partition coefficient (Wildman–Crippen LogP) is 0.0896. The van der Waals surface area contributed by atoms with Crippen LogP contribution < -0.4 is 4.90 Å². The standard InChI is InChI=1S/C15H16FN3O/c1-18-6-8-19(9-7-18)15(20)13(11-17)10-12-2-4-14(16)5-3-12/h2-5,10H,6-9H2,1H3/p+1/b13-10+. The molecule has 0 unspecified atom stereocenters. The molecule has 1 aromatic rings. The number of carbonyl (C=O) groups is 1. The van der Waals surface area contributed by atoms with Crippen molar-refractivity contribution in [3.05, 3.63) is 41.2 Å². The molecule has 1 aromatic carbocycles. The van der Waals surface area contributed by atoms with E-state index in [-0.39, 0.29) is 17.3 Å². The van der Waals surface area contributed by atoms with Crippen molar-refractivity contribution in [2.75, 3.05) is 33.2 Å². The van der Waals surface area contributed by atoms with Gasteiger partial charge in [-0.2, -0.15) is 5.26 Å². The molecule has 0 spiro atoms. The summed E-state index contributed by atoms with van der Waals surface area (Å²) >= 11 is 0. The number of hydrogen-bond donors (Lipinski definition) is 1. The Balaban J connectivity index is 2.13. The van der Waals surface area contributed by atoms with Gasteiger partial charge in [-0.3, -0.25) is 4.79 Å². The summed E-state index contributed by atoms with van der Waals surface area (Å²) in [6, 6.07) is 7.66. The van der Waals surface area contributed by atoms with Gasteiger partial charge in [-0.05, 0) is 23.8 Å². The lowest BCUT2D eigenvalue weighted by molar-refractivity contribution is -0.883. The number of halogens is 1. The summed E-state index contributed by atoms with van der Waals surface area (Å²) in [5.74, 6) is -0.585. The molecule has 0 atom stereocenters. The summed E-state index contributed by atoms with van der Waals surface area (Å²) in [7, 11) is 2.08. The molecule has 0 radical (unpaired) electrons. The molecule has 0 aliphatic carbocycles. The van der Waals surface area contributed by atoms with Gasteiger partial charge in [0, 0.05) is 0 Å². The fourth-order valence-electron chi connectivity index (χ4n) is 2.13. The average Bonchev–Trinajstić information content (AvgIpc) is 2.47. The number of likely N-dealkylation sites (N-methyl/N-ethyl adjacent to an activating group) is 1. The van der Waals surface area contributed by atoms with Crippen LogP contribution in [0.1, 0.15) is 5.56 Å². The van der Waals surface area contributed by atoms with E-state index in [2.05, 4.69) is 7.05 Å². The zero-order chi connectivity index (χ0) is 14.5. The third kappa shape index (κ3) is 3.43. The van der Waals surface area contributed by atoms with Gasteiger partial charge < -0.3 is 9.80 Å². The van der Waals surface area contributed by atoms with E-state index >= 15 is 0 Å².